The van der Waals surface area contributed by atoms with Crippen molar-refractivity contribution < 1.29 is 19.1 Å². The first-order valence-electron chi connectivity index (χ1n) is 9.99. The van der Waals surface area contributed by atoms with Gasteiger partial charge in [0.15, 0.2) is 5.75 Å². The molecule has 0 aliphatic heterocycles. The van der Waals surface area contributed by atoms with E-state index in [1.807, 2.05) is 63.2 Å². The molecule has 0 saturated heterocycles. The van der Waals surface area contributed by atoms with Crippen LogP contribution in [0.2, 0.25) is 0 Å². The average Bonchev–Trinajstić information content (AvgIpc) is 2.73. The molecule has 6 nitrogen and oxygen atoms in total. The van der Waals surface area contributed by atoms with Crippen molar-refractivity contribution in [3.63, 3.8) is 0 Å². The van der Waals surface area contributed by atoms with E-state index < -0.39 is 11.7 Å². The summed E-state index contributed by atoms with van der Waals surface area (Å²) in [5, 5.41) is 5.59. The van der Waals surface area contributed by atoms with E-state index in [2.05, 4.69) is 10.6 Å². The predicted octanol–water partition coefficient (Wildman–Crippen LogP) is 5.76. The first-order chi connectivity index (χ1) is 14.8. The Hall–Kier alpha value is -3.80. The Labute approximate surface area is 182 Å². The molecule has 3 aromatic rings. The maximum Gasteiger partial charge on any atom is 0.407 e. The lowest BCUT2D eigenvalue weighted by atomic mass is 10.1. The Bertz CT molecular complexity index is 1030. The highest BCUT2D eigenvalue weighted by molar-refractivity contribution is 6.05. The van der Waals surface area contributed by atoms with Crippen LogP contribution in [0.25, 0.3) is 0 Å². The zero-order valence-electron chi connectivity index (χ0n) is 17.8. The molecule has 31 heavy (non-hydrogen) atoms. The van der Waals surface area contributed by atoms with Crippen molar-refractivity contribution in [1.82, 2.24) is 5.32 Å². The summed E-state index contributed by atoms with van der Waals surface area (Å²) in [4.78, 5) is 24.5. The molecule has 6 heteroatoms. The summed E-state index contributed by atoms with van der Waals surface area (Å²) in [6, 6.07) is 23.6. The molecule has 0 fully saturated rings. The molecule has 0 saturated carbocycles. The van der Waals surface area contributed by atoms with Crippen LogP contribution in [0.3, 0.4) is 0 Å². The van der Waals surface area contributed by atoms with Gasteiger partial charge >= 0.3 is 6.09 Å². The number of hydrogen-bond acceptors (Lipinski definition) is 4. The smallest absolute Gasteiger partial charge is 0.407 e. The molecule has 0 aliphatic rings. The summed E-state index contributed by atoms with van der Waals surface area (Å²) < 4.78 is 11.1. The lowest BCUT2D eigenvalue weighted by Crippen LogP contribution is -2.32. The molecule has 3 aromatic carbocycles. The van der Waals surface area contributed by atoms with Crippen molar-refractivity contribution >= 4 is 17.7 Å². The predicted molar refractivity (Wildman–Crippen MR) is 120 cm³/mol. The van der Waals surface area contributed by atoms with E-state index in [1.165, 1.54) is 0 Å². The molecular formula is C25H26N2O4. The molecule has 0 spiro atoms. The molecule has 0 radical (unpaired) electrons. The number of amides is 2. The zero-order chi connectivity index (χ0) is 22.3. The topological polar surface area (TPSA) is 76.7 Å². The van der Waals surface area contributed by atoms with Gasteiger partial charge in [-0.15, -0.1) is 0 Å². The number of carbonyl (C=O) groups is 2. The molecule has 0 bridgehead atoms. The molecule has 0 atom stereocenters. The normalized spacial score (nSPS) is 10.8. The number of hydrogen-bond donors (Lipinski definition) is 2. The first-order valence-corrected chi connectivity index (χ1v) is 9.99. The van der Waals surface area contributed by atoms with E-state index >= 15 is 0 Å². The van der Waals surface area contributed by atoms with Gasteiger partial charge in [-0.25, -0.2) is 4.79 Å². The number of anilines is 1. The van der Waals surface area contributed by atoms with Gasteiger partial charge in [0, 0.05) is 12.1 Å². The maximum absolute atomic E-state index is 12.7. The van der Waals surface area contributed by atoms with Crippen molar-refractivity contribution in [3.05, 3.63) is 90.0 Å². The van der Waals surface area contributed by atoms with Gasteiger partial charge in [-0.1, -0.05) is 42.5 Å². The number of ether oxygens (including phenoxy) is 2. The molecular weight excluding hydrogens is 392 g/mol. The minimum atomic E-state index is -0.549. The molecule has 2 amide bonds. The van der Waals surface area contributed by atoms with E-state index in [1.54, 1.807) is 36.4 Å². The summed E-state index contributed by atoms with van der Waals surface area (Å²) in [7, 11) is 0. The van der Waals surface area contributed by atoms with Crippen LogP contribution < -0.4 is 15.4 Å². The molecule has 0 aliphatic carbocycles. The van der Waals surface area contributed by atoms with Crippen LogP contribution in [-0.2, 0) is 11.3 Å². The van der Waals surface area contributed by atoms with Gasteiger partial charge in [-0.2, -0.15) is 0 Å². The number of para-hydroxylation sites is 3. The Morgan fingerprint density at radius 1 is 0.839 bits per heavy atom. The second-order valence-corrected chi connectivity index (χ2v) is 7.92. The van der Waals surface area contributed by atoms with Crippen molar-refractivity contribution in [2.45, 2.75) is 32.9 Å². The summed E-state index contributed by atoms with van der Waals surface area (Å²) in [6.45, 7) is 5.74. The van der Waals surface area contributed by atoms with Crippen molar-refractivity contribution in [1.29, 1.82) is 0 Å². The fourth-order valence-corrected chi connectivity index (χ4v) is 2.73. The van der Waals surface area contributed by atoms with Gasteiger partial charge in [0.2, 0.25) is 0 Å². The van der Waals surface area contributed by atoms with Crippen molar-refractivity contribution in [3.8, 4) is 11.5 Å². The number of alkyl carbamates (subject to hydrolysis) is 1. The monoisotopic (exact) mass is 418 g/mol. The highest BCUT2D eigenvalue weighted by Crippen LogP contribution is 2.29. The van der Waals surface area contributed by atoms with Crippen LogP contribution in [0, 0.1) is 0 Å². The third-order valence-electron chi connectivity index (χ3n) is 4.16. The van der Waals surface area contributed by atoms with Gasteiger partial charge in [-0.05, 0) is 62.7 Å². The van der Waals surface area contributed by atoms with E-state index in [4.69, 9.17) is 9.47 Å². The standard InChI is InChI=1S/C25H26N2O4/c1-25(2,3)31-24(29)26-17-18-13-15-19(16-14-18)23(28)27-21-11-7-8-12-22(21)30-20-9-5-4-6-10-20/h4-16H,17H2,1-3H3,(H,26,29)(H,27,28). The first kappa shape index (κ1) is 21.9. The molecule has 160 valence electrons. The fourth-order valence-electron chi connectivity index (χ4n) is 2.73. The Morgan fingerprint density at radius 2 is 1.48 bits per heavy atom. The summed E-state index contributed by atoms with van der Waals surface area (Å²) in [5.74, 6) is 0.988. The van der Waals surface area contributed by atoms with Crippen molar-refractivity contribution in [2.24, 2.45) is 0 Å². The number of nitrogens with one attached hydrogen (secondary N) is 2. The second-order valence-electron chi connectivity index (χ2n) is 7.92. The molecule has 2 N–H and O–H groups in total. The van der Waals surface area contributed by atoms with Crippen molar-refractivity contribution in [2.75, 3.05) is 5.32 Å². The number of benzene rings is 3. The lowest BCUT2D eigenvalue weighted by Gasteiger charge is -2.19. The molecule has 0 heterocycles. The van der Waals surface area contributed by atoms with Crippen LogP contribution in [0.15, 0.2) is 78.9 Å². The molecule has 0 aromatic heterocycles. The van der Waals surface area contributed by atoms with Crippen LogP contribution in [0.1, 0.15) is 36.7 Å². The lowest BCUT2D eigenvalue weighted by molar-refractivity contribution is 0.0523. The molecule has 0 unspecified atom stereocenters. The van der Waals surface area contributed by atoms with Crippen LogP contribution in [0.4, 0.5) is 10.5 Å². The average molecular weight is 418 g/mol. The minimum Gasteiger partial charge on any atom is -0.455 e. The van der Waals surface area contributed by atoms with Gasteiger partial charge in [0.05, 0.1) is 5.69 Å². The van der Waals surface area contributed by atoms with E-state index in [9.17, 15) is 9.59 Å². The van der Waals surface area contributed by atoms with Crippen LogP contribution >= 0.6 is 0 Å². The fraction of sp³-hybridized carbons (Fsp3) is 0.200. The summed E-state index contributed by atoms with van der Waals surface area (Å²) in [5.41, 5.74) is 1.38. The quantitative estimate of drug-likeness (QED) is 0.534. The van der Waals surface area contributed by atoms with Crippen LogP contribution in [0.5, 0.6) is 11.5 Å². The SMILES string of the molecule is CC(C)(C)OC(=O)NCc1ccc(C(=O)Nc2ccccc2Oc2ccccc2)cc1. The Kier molecular flexibility index (Phi) is 6.92. The largest absolute Gasteiger partial charge is 0.455 e. The van der Waals surface area contributed by atoms with Gasteiger partial charge in [0.25, 0.3) is 5.91 Å². The zero-order valence-corrected chi connectivity index (χ0v) is 17.8. The minimum absolute atomic E-state index is 0.254. The summed E-state index contributed by atoms with van der Waals surface area (Å²) >= 11 is 0. The summed E-state index contributed by atoms with van der Waals surface area (Å²) in [6.07, 6.45) is -0.482. The van der Waals surface area contributed by atoms with Gasteiger partial charge < -0.3 is 20.1 Å². The highest BCUT2D eigenvalue weighted by Gasteiger charge is 2.16. The van der Waals surface area contributed by atoms with E-state index in [0.717, 1.165) is 5.56 Å². The number of carbonyl (C=O) groups excluding carboxylic acids is 2. The third kappa shape index (κ3) is 6.89. The number of rotatable bonds is 6. The van der Waals surface area contributed by atoms with E-state index in [-0.39, 0.29) is 5.91 Å². The Balaban J connectivity index is 1.61. The maximum atomic E-state index is 12.7. The van der Waals surface area contributed by atoms with Gasteiger partial charge in [0.1, 0.15) is 11.4 Å². The van der Waals surface area contributed by atoms with Gasteiger partial charge in [-0.3, -0.25) is 4.79 Å². The Morgan fingerprint density at radius 3 is 2.16 bits per heavy atom. The van der Waals surface area contributed by atoms with E-state index in [0.29, 0.717) is 29.3 Å². The molecule has 3 rings (SSSR count). The second kappa shape index (κ2) is 9.80. The third-order valence-corrected chi connectivity index (χ3v) is 4.16. The van der Waals surface area contributed by atoms with Crippen LogP contribution in [-0.4, -0.2) is 17.6 Å². The highest BCUT2D eigenvalue weighted by atomic mass is 16.6.